The number of fused-ring (bicyclic) bond motifs is 1. The monoisotopic (exact) mass is 291 g/mol. The van der Waals surface area contributed by atoms with Crippen LogP contribution in [0.2, 0.25) is 0 Å². The third-order valence-corrected chi connectivity index (χ3v) is 5.04. The predicted octanol–water partition coefficient (Wildman–Crippen LogP) is 2.68. The topological polar surface area (TPSA) is 58.4 Å². The van der Waals surface area contributed by atoms with Gasteiger partial charge in [-0.2, -0.15) is 0 Å². The molecular formula is C16H25N3O2. The molecule has 0 spiro atoms. The Kier molecular flexibility index (Phi) is 3.78. The van der Waals surface area contributed by atoms with Gasteiger partial charge in [0.05, 0.1) is 5.69 Å². The number of carboxylic acid groups (broad SMARTS) is 1. The fraction of sp³-hybridized carbons (Fsp3) is 0.750. The molecule has 21 heavy (non-hydrogen) atoms. The van der Waals surface area contributed by atoms with Crippen LogP contribution in [0.3, 0.4) is 0 Å². The van der Waals surface area contributed by atoms with Crippen molar-refractivity contribution in [2.24, 2.45) is 0 Å². The van der Waals surface area contributed by atoms with E-state index in [1.165, 1.54) is 0 Å². The highest BCUT2D eigenvalue weighted by Crippen LogP contribution is 2.36. The van der Waals surface area contributed by atoms with Crippen molar-refractivity contribution in [2.75, 3.05) is 13.1 Å². The zero-order valence-electron chi connectivity index (χ0n) is 13.2. The van der Waals surface area contributed by atoms with Gasteiger partial charge in [0.1, 0.15) is 5.82 Å². The summed E-state index contributed by atoms with van der Waals surface area (Å²) in [4.78, 5) is 18.5. The molecule has 0 amide bonds. The van der Waals surface area contributed by atoms with Crippen molar-refractivity contribution in [1.82, 2.24) is 14.5 Å². The molecule has 0 saturated carbocycles. The van der Waals surface area contributed by atoms with Gasteiger partial charge >= 0.3 is 5.97 Å². The Morgan fingerprint density at radius 1 is 1.33 bits per heavy atom. The zero-order valence-corrected chi connectivity index (χ0v) is 13.2. The number of nitrogens with zero attached hydrogens (tertiary/aromatic N) is 3. The van der Waals surface area contributed by atoms with Crippen LogP contribution in [0, 0.1) is 0 Å². The van der Waals surface area contributed by atoms with E-state index in [1.807, 2.05) is 0 Å². The summed E-state index contributed by atoms with van der Waals surface area (Å²) in [7, 11) is 0. The lowest BCUT2D eigenvalue weighted by atomic mass is 9.96. The second-order valence-electron chi connectivity index (χ2n) is 6.78. The van der Waals surface area contributed by atoms with Crippen LogP contribution in [0.15, 0.2) is 0 Å². The van der Waals surface area contributed by atoms with E-state index in [9.17, 15) is 9.90 Å². The molecule has 2 unspecified atom stereocenters. The SMILES string of the molecule is CC1CCCn2c(C3CCN(C(C)C)C3)nc(C(=O)O)c21. The van der Waals surface area contributed by atoms with Gasteiger partial charge in [-0.25, -0.2) is 9.78 Å². The molecule has 2 aliphatic rings. The lowest BCUT2D eigenvalue weighted by Gasteiger charge is -2.24. The van der Waals surface area contributed by atoms with Crippen molar-refractivity contribution in [3.63, 3.8) is 0 Å². The van der Waals surface area contributed by atoms with Gasteiger partial charge in [-0.05, 0) is 45.6 Å². The quantitative estimate of drug-likeness (QED) is 0.930. The lowest BCUT2D eigenvalue weighted by Crippen LogP contribution is -2.28. The standard InChI is InChI=1S/C16H25N3O2/c1-10(2)18-8-6-12(9-18)15-17-13(16(20)21)14-11(3)5-4-7-19(14)15/h10-12H,4-9H2,1-3H3,(H,20,21). The van der Waals surface area contributed by atoms with Crippen LogP contribution in [0.25, 0.3) is 0 Å². The molecule has 3 heterocycles. The molecule has 5 heteroatoms. The van der Waals surface area contributed by atoms with Gasteiger partial charge in [-0.1, -0.05) is 6.92 Å². The molecular weight excluding hydrogens is 266 g/mol. The Labute approximate surface area is 126 Å². The maximum atomic E-state index is 11.5. The Hall–Kier alpha value is -1.36. The third kappa shape index (κ3) is 2.48. The van der Waals surface area contributed by atoms with E-state index in [0.29, 0.717) is 23.6 Å². The highest BCUT2D eigenvalue weighted by atomic mass is 16.4. The van der Waals surface area contributed by atoms with E-state index < -0.39 is 5.97 Å². The van der Waals surface area contributed by atoms with Crippen molar-refractivity contribution in [3.05, 3.63) is 17.2 Å². The molecule has 1 saturated heterocycles. The van der Waals surface area contributed by atoms with Gasteiger partial charge in [0.2, 0.25) is 0 Å². The van der Waals surface area contributed by atoms with Crippen LogP contribution in [0.4, 0.5) is 0 Å². The van der Waals surface area contributed by atoms with E-state index >= 15 is 0 Å². The molecule has 0 bridgehead atoms. The summed E-state index contributed by atoms with van der Waals surface area (Å²) in [5, 5.41) is 9.47. The van der Waals surface area contributed by atoms with Crippen molar-refractivity contribution >= 4 is 5.97 Å². The number of hydrogen-bond acceptors (Lipinski definition) is 3. The second kappa shape index (κ2) is 5.44. The molecule has 1 fully saturated rings. The molecule has 0 aromatic carbocycles. The highest BCUT2D eigenvalue weighted by Gasteiger charge is 2.34. The first kappa shape index (κ1) is 14.6. The summed E-state index contributed by atoms with van der Waals surface area (Å²) < 4.78 is 2.21. The molecule has 1 aromatic heterocycles. The maximum absolute atomic E-state index is 11.5. The maximum Gasteiger partial charge on any atom is 0.356 e. The average molecular weight is 291 g/mol. The number of hydrogen-bond donors (Lipinski definition) is 1. The molecule has 3 rings (SSSR count). The number of carboxylic acids is 1. The first-order chi connectivity index (χ1) is 9.99. The van der Waals surface area contributed by atoms with Crippen molar-refractivity contribution in [3.8, 4) is 0 Å². The van der Waals surface area contributed by atoms with E-state index in [2.05, 4.69) is 35.2 Å². The highest BCUT2D eigenvalue weighted by molar-refractivity contribution is 5.87. The van der Waals surface area contributed by atoms with Crippen LogP contribution in [0.5, 0.6) is 0 Å². The largest absolute Gasteiger partial charge is 0.476 e. The summed E-state index contributed by atoms with van der Waals surface area (Å²) in [6, 6.07) is 0.545. The number of likely N-dealkylation sites (tertiary alicyclic amines) is 1. The Morgan fingerprint density at radius 2 is 2.10 bits per heavy atom. The Bertz CT molecular complexity index is 550. The van der Waals surface area contributed by atoms with Crippen molar-refractivity contribution in [1.29, 1.82) is 0 Å². The molecule has 2 aliphatic heterocycles. The van der Waals surface area contributed by atoms with Crippen LogP contribution in [-0.4, -0.2) is 44.7 Å². The van der Waals surface area contributed by atoms with Gasteiger partial charge in [-0.15, -0.1) is 0 Å². The van der Waals surface area contributed by atoms with Crippen molar-refractivity contribution < 1.29 is 9.90 Å². The van der Waals surface area contributed by atoms with E-state index in [0.717, 1.165) is 50.4 Å². The fourth-order valence-corrected chi connectivity index (χ4v) is 3.85. The van der Waals surface area contributed by atoms with E-state index in [1.54, 1.807) is 0 Å². The van der Waals surface area contributed by atoms with E-state index in [-0.39, 0.29) is 0 Å². The molecule has 5 nitrogen and oxygen atoms in total. The smallest absolute Gasteiger partial charge is 0.356 e. The predicted molar refractivity (Wildman–Crippen MR) is 80.9 cm³/mol. The van der Waals surface area contributed by atoms with Crippen LogP contribution in [-0.2, 0) is 6.54 Å². The molecule has 0 aliphatic carbocycles. The molecule has 0 radical (unpaired) electrons. The van der Waals surface area contributed by atoms with Crippen LogP contribution < -0.4 is 0 Å². The fourth-order valence-electron chi connectivity index (χ4n) is 3.85. The second-order valence-corrected chi connectivity index (χ2v) is 6.78. The molecule has 1 N–H and O–H groups in total. The summed E-state index contributed by atoms with van der Waals surface area (Å²) in [5.74, 6) is 0.813. The minimum atomic E-state index is -0.877. The zero-order chi connectivity index (χ0) is 15.1. The lowest BCUT2D eigenvalue weighted by molar-refractivity contribution is 0.0688. The number of aromatic carboxylic acids is 1. The number of imidazole rings is 1. The first-order valence-electron chi connectivity index (χ1n) is 8.06. The number of carbonyl (C=O) groups is 1. The summed E-state index contributed by atoms with van der Waals surface area (Å²) >= 11 is 0. The number of rotatable bonds is 3. The van der Waals surface area contributed by atoms with E-state index in [4.69, 9.17) is 0 Å². The molecule has 116 valence electrons. The normalized spacial score (nSPS) is 26.3. The minimum absolute atomic E-state index is 0.292. The minimum Gasteiger partial charge on any atom is -0.476 e. The Balaban J connectivity index is 1.96. The molecule has 2 atom stereocenters. The van der Waals surface area contributed by atoms with Gasteiger partial charge in [-0.3, -0.25) is 0 Å². The Morgan fingerprint density at radius 3 is 2.71 bits per heavy atom. The first-order valence-corrected chi connectivity index (χ1v) is 8.06. The average Bonchev–Trinajstić information content (AvgIpc) is 3.02. The van der Waals surface area contributed by atoms with Crippen molar-refractivity contribution in [2.45, 2.75) is 64.5 Å². The van der Waals surface area contributed by atoms with Gasteiger partial charge < -0.3 is 14.6 Å². The summed E-state index contributed by atoms with van der Waals surface area (Å²) in [6.45, 7) is 9.57. The van der Waals surface area contributed by atoms with Crippen LogP contribution >= 0.6 is 0 Å². The van der Waals surface area contributed by atoms with Gasteiger partial charge in [0, 0.05) is 25.0 Å². The van der Waals surface area contributed by atoms with Crippen LogP contribution in [0.1, 0.15) is 73.9 Å². The molecule has 1 aromatic rings. The summed E-state index contributed by atoms with van der Waals surface area (Å²) in [5.41, 5.74) is 1.24. The third-order valence-electron chi connectivity index (χ3n) is 5.04. The summed E-state index contributed by atoms with van der Waals surface area (Å²) in [6.07, 6.45) is 3.27. The van der Waals surface area contributed by atoms with Gasteiger partial charge in [0.15, 0.2) is 5.69 Å². The number of aromatic nitrogens is 2. The van der Waals surface area contributed by atoms with Gasteiger partial charge in [0.25, 0.3) is 0 Å².